The number of rotatable bonds is 4. The molecule has 3 N–H and O–H groups in total. The Morgan fingerprint density at radius 3 is 2.83 bits per heavy atom. The lowest BCUT2D eigenvalue weighted by Crippen LogP contribution is -2.36. The predicted octanol–water partition coefficient (Wildman–Crippen LogP) is 2.36. The van der Waals surface area contributed by atoms with E-state index in [1.165, 1.54) is 12.8 Å². The first kappa shape index (κ1) is 13.0. The van der Waals surface area contributed by atoms with Crippen LogP contribution in [0, 0.1) is 0 Å². The third kappa shape index (κ3) is 3.53. The van der Waals surface area contributed by atoms with Crippen molar-refractivity contribution in [1.82, 2.24) is 5.32 Å². The van der Waals surface area contributed by atoms with Crippen LogP contribution in [-0.4, -0.2) is 18.6 Å². The molecule has 0 radical (unpaired) electrons. The van der Waals surface area contributed by atoms with Crippen LogP contribution in [0.25, 0.3) is 0 Å². The molecule has 4 nitrogen and oxygen atoms in total. The summed E-state index contributed by atoms with van der Waals surface area (Å²) in [6.07, 6.45) is 4.51. The van der Waals surface area contributed by atoms with E-state index in [0.29, 0.717) is 22.5 Å². The molecule has 18 heavy (non-hydrogen) atoms. The molecule has 0 heterocycles. The average Bonchev–Trinajstić information content (AvgIpc) is 2.80. The van der Waals surface area contributed by atoms with E-state index in [1.54, 1.807) is 18.2 Å². The molecule has 1 aliphatic rings. The first-order chi connectivity index (χ1) is 8.65. The Bertz CT molecular complexity index is 431. The van der Waals surface area contributed by atoms with Gasteiger partial charge in [-0.3, -0.25) is 4.79 Å². The fraction of sp³-hybridized carbons (Fsp3) is 0.462. The Morgan fingerprint density at radius 1 is 1.44 bits per heavy atom. The molecule has 1 aromatic carbocycles. The second kappa shape index (κ2) is 5.96. The Balaban J connectivity index is 1.81. The van der Waals surface area contributed by atoms with Gasteiger partial charge in [-0.15, -0.1) is 0 Å². The summed E-state index contributed by atoms with van der Waals surface area (Å²) in [5.41, 5.74) is 6.15. The van der Waals surface area contributed by atoms with Crippen molar-refractivity contribution in [2.24, 2.45) is 0 Å². The number of ether oxygens (including phenoxy) is 1. The predicted molar refractivity (Wildman–Crippen MR) is 71.8 cm³/mol. The van der Waals surface area contributed by atoms with E-state index < -0.39 is 0 Å². The monoisotopic (exact) mass is 268 g/mol. The number of nitrogen functional groups attached to an aromatic ring is 1. The number of hydrogen-bond acceptors (Lipinski definition) is 3. The molecule has 1 fully saturated rings. The zero-order chi connectivity index (χ0) is 13.0. The van der Waals surface area contributed by atoms with Crippen molar-refractivity contribution >= 4 is 23.2 Å². The minimum Gasteiger partial charge on any atom is -0.482 e. The molecule has 2 rings (SSSR count). The van der Waals surface area contributed by atoms with Crippen LogP contribution in [0.1, 0.15) is 25.7 Å². The third-order valence-electron chi connectivity index (χ3n) is 3.03. The van der Waals surface area contributed by atoms with E-state index in [9.17, 15) is 4.79 Å². The van der Waals surface area contributed by atoms with Crippen molar-refractivity contribution in [2.45, 2.75) is 31.7 Å². The lowest BCUT2D eigenvalue weighted by molar-refractivity contribution is -0.123. The quantitative estimate of drug-likeness (QED) is 0.824. The van der Waals surface area contributed by atoms with Crippen LogP contribution in [0.2, 0.25) is 5.02 Å². The standard InChI is InChI=1S/C13H17ClN2O2/c14-11-7-9(15)5-6-12(11)18-8-13(17)16-10-3-1-2-4-10/h5-7,10H,1-4,8,15H2,(H,16,17). The molecule has 1 aliphatic carbocycles. The van der Waals surface area contributed by atoms with Crippen molar-refractivity contribution < 1.29 is 9.53 Å². The first-order valence-corrected chi connectivity index (χ1v) is 6.50. The molecule has 0 aliphatic heterocycles. The highest BCUT2D eigenvalue weighted by atomic mass is 35.5. The number of nitrogens with two attached hydrogens (primary N) is 1. The molecule has 0 atom stereocenters. The summed E-state index contributed by atoms with van der Waals surface area (Å²) in [6, 6.07) is 5.27. The number of anilines is 1. The van der Waals surface area contributed by atoms with Crippen LogP contribution in [0.15, 0.2) is 18.2 Å². The lowest BCUT2D eigenvalue weighted by Gasteiger charge is -2.13. The van der Waals surface area contributed by atoms with E-state index >= 15 is 0 Å². The highest BCUT2D eigenvalue weighted by Gasteiger charge is 2.17. The van der Waals surface area contributed by atoms with Crippen LogP contribution >= 0.6 is 11.6 Å². The van der Waals surface area contributed by atoms with Gasteiger partial charge in [0.05, 0.1) is 5.02 Å². The van der Waals surface area contributed by atoms with Gasteiger partial charge in [-0.25, -0.2) is 0 Å². The molecule has 0 bridgehead atoms. The molecular formula is C13H17ClN2O2. The van der Waals surface area contributed by atoms with E-state index in [1.807, 2.05) is 0 Å². The molecule has 5 heteroatoms. The third-order valence-corrected chi connectivity index (χ3v) is 3.33. The summed E-state index contributed by atoms with van der Waals surface area (Å²) in [5.74, 6) is 0.377. The van der Waals surface area contributed by atoms with Crippen molar-refractivity contribution in [3.63, 3.8) is 0 Å². The Labute approximate surface area is 111 Å². The van der Waals surface area contributed by atoms with Gasteiger partial charge in [0.25, 0.3) is 5.91 Å². The Hall–Kier alpha value is -1.42. The first-order valence-electron chi connectivity index (χ1n) is 6.12. The smallest absolute Gasteiger partial charge is 0.258 e. The minimum absolute atomic E-state index is 0.0138. The molecule has 0 aromatic heterocycles. The van der Waals surface area contributed by atoms with E-state index in [0.717, 1.165) is 12.8 Å². The number of benzene rings is 1. The fourth-order valence-corrected chi connectivity index (χ4v) is 2.36. The number of nitrogens with one attached hydrogen (secondary N) is 1. The van der Waals surface area contributed by atoms with Crippen LogP contribution in [0.3, 0.4) is 0 Å². The molecule has 1 amide bonds. The average molecular weight is 269 g/mol. The number of halogens is 1. The van der Waals surface area contributed by atoms with Crippen molar-refractivity contribution in [1.29, 1.82) is 0 Å². The second-order valence-electron chi connectivity index (χ2n) is 4.53. The Morgan fingerprint density at radius 2 is 2.17 bits per heavy atom. The zero-order valence-electron chi connectivity index (χ0n) is 10.1. The Kier molecular flexibility index (Phi) is 4.31. The molecule has 1 aromatic rings. The summed E-state index contributed by atoms with van der Waals surface area (Å²) in [4.78, 5) is 11.6. The van der Waals surface area contributed by atoms with Gasteiger partial charge in [0.2, 0.25) is 0 Å². The maximum absolute atomic E-state index is 11.6. The summed E-state index contributed by atoms with van der Waals surface area (Å²) < 4.78 is 5.36. The maximum Gasteiger partial charge on any atom is 0.258 e. The zero-order valence-corrected chi connectivity index (χ0v) is 10.9. The van der Waals surface area contributed by atoms with Crippen molar-refractivity contribution in [3.05, 3.63) is 23.2 Å². The van der Waals surface area contributed by atoms with E-state index in [2.05, 4.69) is 5.32 Å². The molecule has 0 unspecified atom stereocenters. The fourth-order valence-electron chi connectivity index (χ4n) is 2.12. The molecule has 1 saturated carbocycles. The van der Waals surface area contributed by atoms with E-state index in [-0.39, 0.29) is 12.5 Å². The van der Waals surface area contributed by atoms with Crippen LogP contribution in [0.4, 0.5) is 5.69 Å². The second-order valence-corrected chi connectivity index (χ2v) is 4.93. The topological polar surface area (TPSA) is 64.3 Å². The van der Waals surface area contributed by atoms with Crippen LogP contribution in [0.5, 0.6) is 5.75 Å². The summed E-state index contributed by atoms with van der Waals surface area (Å²) in [6.45, 7) is -0.0138. The highest BCUT2D eigenvalue weighted by Crippen LogP contribution is 2.26. The van der Waals surface area contributed by atoms with Gasteiger partial charge in [-0.05, 0) is 31.0 Å². The maximum atomic E-state index is 11.6. The van der Waals surface area contributed by atoms with Crippen molar-refractivity contribution in [2.75, 3.05) is 12.3 Å². The number of amides is 1. The minimum atomic E-state index is -0.102. The number of carbonyl (C=O) groups excluding carboxylic acids is 1. The van der Waals surface area contributed by atoms with Gasteiger partial charge in [-0.2, -0.15) is 0 Å². The van der Waals surface area contributed by atoms with Gasteiger partial charge in [-0.1, -0.05) is 24.4 Å². The SMILES string of the molecule is Nc1ccc(OCC(=O)NC2CCCC2)c(Cl)c1. The summed E-state index contributed by atoms with van der Waals surface area (Å²) >= 11 is 5.95. The number of carbonyl (C=O) groups is 1. The van der Waals surface area contributed by atoms with Crippen molar-refractivity contribution in [3.8, 4) is 5.75 Å². The number of hydrogen-bond donors (Lipinski definition) is 2. The molecule has 0 saturated heterocycles. The largest absolute Gasteiger partial charge is 0.482 e. The normalized spacial score (nSPS) is 15.6. The van der Waals surface area contributed by atoms with Crippen LogP contribution < -0.4 is 15.8 Å². The van der Waals surface area contributed by atoms with Gasteiger partial charge in [0.1, 0.15) is 5.75 Å². The van der Waals surface area contributed by atoms with E-state index in [4.69, 9.17) is 22.1 Å². The van der Waals surface area contributed by atoms with Gasteiger partial charge < -0.3 is 15.8 Å². The highest BCUT2D eigenvalue weighted by molar-refractivity contribution is 6.32. The molecule has 98 valence electrons. The summed E-state index contributed by atoms with van der Waals surface area (Å²) in [7, 11) is 0. The molecule has 0 spiro atoms. The molecular weight excluding hydrogens is 252 g/mol. The lowest BCUT2D eigenvalue weighted by atomic mass is 10.2. The van der Waals surface area contributed by atoms with Crippen LogP contribution in [-0.2, 0) is 4.79 Å². The van der Waals surface area contributed by atoms with Gasteiger partial charge in [0.15, 0.2) is 6.61 Å². The van der Waals surface area contributed by atoms with Gasteiger partial charge in [0, 0.05) is 11.7 Å². The van der Waals surface area contributed by atoms with Gasteiger partial charge >= 0.3 is 0 Å². The summed E-state index contributed by atoms with van der Waals surface area (Å²) in [5, 5.41) is 3.37.